The summed E-state index contributed by atoms with van der Waals surface area (Å²) in [5, 5.41) is 22.9. The molecule has 0 radical (unpaired) electrons. The quantitative estimate of drug-likeness (QED) is 0.557. The summed E-state index contributed by atoms with van der Waals surface area (Å²) in [7, 11) is 1.78. The van der Waals surface area contributed by atoms with Crippen LogP contribution in [0.2, 0.25) is 0 Å². The van der Waals surface area contributed by atoms with Crippen molar-refractivity contribution in [2.75, 3.05) is 36.2 Å². The molecule has 5 rings (SSSR count). The zero-order valence-electron chi connectivity index (χ0n) is 16.9. The zero-order valence-corrected chi connectivity index (χ0v) is 16.9. The minimum absolute atomic E-state index is 0.0371. The molecule has 2 aliphatic rings. The van der Waals surface area contributed by atoms with Crippen LogP contribution in [0.25, 0.3) is 5.65 Å². The molecule has 10 nitrogen and oxygen atoms in total. The van der Waals surface area contributed by atoms with Gasteiger partial charge >= 0.3 is 0 Å². The highest BCUT2D eigenvalue weighted by Crippen LogP contribution is 2.40. The van der Waals surface area contributed by atoms with E-state index in [9.17, 15) is 10.1 Å². The Kier molecular flexibility index (Phi) is 4.71. The number of benzene rings is 1. The molecule has 0 bridgehead atoms. The SMILES string of the molecule is CNc1cc(Nc2cc(C#N)cc3c2OCCO3)nc2c(NC(=O)CC3CC3)cnn12. The first-order chi connectivity index (χ1) is 15.1. The second-order valence-electron chi connectivity index (χ2n) is 7.55. The van der Waals surface area contributed by atoms with E-state index in [0.717, 1.165) is 12.8 Å². The first-order valence-electron chi connectivity index (χ1n) is 10.1. The highest BCUT2D eigenvalue weighted by molar-refractivity contribution is 5.95. The smallest absolute Gasteiger partial charge is 0.224 e. The standard InChI is InChI=1S/C21H21N7O3/c1-23-18-9-17(25-14-6-13(10-22)7-16-20(14)31-5-4-30-16)27-21-15(11-24-28(18)21)26-19(29)8-12-2-3-12/h6-7,9,11-12,23H,2-5,8H2,1H3,(H,25,27)(H,26,29). The summed E-state index contributed by atoms with van der Waals surface area (Å²) in [6.07, 6.45) is 4.32. The van der Waals surface area contributed by atoms with Gasteiger partial charge in [0.25, 0.3) is 0 Å². The van der Waals surface area contributed by atoms with Crippen LogP contribution in [0.5, 0.6) is 11.5 Å². The summed E-state index contributed by atoms with van der Waals surface area (Å²) in [6.45, 7) is 0.844. The molecule has 3 N–H and O–H groups in total. The number of aromatic nitrogens is 3. The summed E-state index contributed by atoms with van der Waals surface area (Å²) in [5.74, 6) is 2.68. The van der Waals surface area contributed by atoms with Gasteiger partial charge in [-0.3, -0.25) is 4.79 Å². The highest BCUT2D eigenvalue weighted by Gasteiger charge is 2.25. The fraction of sp³-hybridized carbons (Fsp3) is 0.333. The Morgan fingerprint density at radius 3 is 2.87 bits per heavy atom. The molecule has 0 spiro atoms. The number of hydrogen-bond donors (Lipinski definition) is 3. The van der Waals surface area contributed by atoms with E-state index < -0.39 is 0 Å². The molecule has 3 heterocycles. The summed E-state index contributed by atoms with van der Waals surface area (Å²) in [5.41, 5.74) is 2.06. The average molecular weight is 419 g/mol. The van der Waals surface area contributed by atoms with Gasteiger partial charge < -0.3 is 25.4 Å². The third kappa shape index (κ3) is 3.77. The first-order valence-corrected chi connectivity index (χ1v) is 10.1. The molecule has 0 saturated heterocycles. The molecule has 10 heteroatoms. The number of nitriles is 1. The van der Waals surface area contributed by atoms with Crippen molar-refractivity contribution in [3.63, 3.8) is 0 Å². The molecule has 1 aliphatic heterocycles. The molecular weight excluding hydrogens is 398 g/mol. The van der Waals surface area contributed by atoms with Gasteiger partial charge in [-0.1, -0.05) is 0 Å². The topological polar surface area (TPSA) is 126 Å². The largest absolute Gasteiger partial charge is 0.486 e. The van der Waals surface area contributed by atoms with E-state index in [0.29, 0.717) is 71.3 Å². The van der Waals surface area contributed by atoms with Gasteiger partial charge in [0.15, 0.2) is 17.1 Å². The van der Waals surface area contributed by atoms with Crippen LogP contribution in [0.1, 0.15) is 24.8 Å². The lowest BCUT2D eigenvalue weighted by Gasteiger charge is -2.22. The minimum Gasteiger partial charge on any atom is -0.486 e. The number of rotatable bonds is 6. The number of hydrogen-bond acceptors (Lipinski definition) is 8. The van der Waals surface area contributed by atoms with E-state index in [1.165, 1.54) is 0 Å². The molecule has 1 saturated carbocycles. The van der Waals surface area contributed by atoms with Crippen molar-refractivity contribution < 1.29 is 14.3 Å². The third-order valence-corrected chi connectivity index (χ3v) is 5.21. The number of ether oxygens (including phenoxy) is 2. The van der Waals surface area contributed by atoms with Gasteiger partial charge in [-0.25, -0.2) is 4.98 Å². The van der Waals surface area contributed by atoms with Crippen LogP contribution in [0.15, 0.2) is 24.4 Å². The van der Waals surface area contributed by atoms with Gasteiger partial charge in [-0.2, -0.15) is 14.9 Å². The predicted molar refractivity (Wildman–Crippen MR) is 114 cm³/mol. The van der Waals surface area contributed by atoms with Crippen molar-refractivity contribution in [3.8, 4) is 17.6 Å². The summed E-state index contributed by atoms with van der Waals surface area (Å²) in [4.78, 5) is 16.9. The van der Waals surface area contributed by atoms with E-state index in [1.54, 1.807) is 36.0 Å². The molecule has 3 aromatic rings. The first kappa shape index (κ1) is 19.0. The third-order valence-electron chi connectivity index (χ3n) is 5.21. The van der Waals surface area contributed by atoms with Gasteiger partial charge in [0.05, 0.1) is 23.5 Å². The lowest BCUT2D eigenvalue weighted by atomic mass is 10.1. The van der Waals surface area contributed by atoms with E-state index >= 15 is 0 Å². The molecule has 1 aromatic carbocycles. The summed E-state index contributed by atoms with van der Waals surface area (Å²) in [6, 6.07) is 7.26. The molecular formula is C21H21N7O3. The Bertz CT molecular complexity index is 1210. The fourth-order valence-electron chi connectivity index (χ4n) is 3.53. The van der Waals surface area contributed by atoms with Crippen molar-refractivity contribution in [1.82, 2.24) is 14.6 Å². The van der Waals surface area contributed by atoms with E-state index in [2.05, 4.69) is 32.1 Å². The second-order valence-corrected chi connectivity index (χ2v) is 7.55. The Labute approximate surface area is 178 Å². The van der Waals surface area contributed by atoms with Crippen molar-refractivity contribution in [2.24, 2.45) is 5.92 Å². The van der Waals surface area contributed by atoms with Crippen LogP contribution in [-0.4, -0.2) is 40.8 Å². The zero-order chi connectivity index (χ0) is 21.4. The molecule has 1 aliphatic carbocycles. The maximum Gasteiger partial charge on any atom is 0.224 e. The number of fused-ring (bicyclic) bond motifs is 2. The Morgan fingerprint density at radius 2 is 2.10 bits per heavy atom. The van der Waals surface area contributed by atoms with Crippen LogP contribution in [0.3, 0.4) is 0 Å². The van der Waals surface area contributed by atoms with Gasteiger partial charge in [-0.15, -0.1) is 0 Å². The Hall–Kier alpha value is -4.00. The minimum atomic E-state index is -0.0371. The molecule has 2 aromatic heterocycles. The van der Waals surface area contributed by atoms with E-state index in [4.69, 9.17) is 9.47 Å². The number of carbonyl (C=O) groups is 1. The van der Waals surface area contributed by atoms with Crippen molar-refractivity contribution in [2.45, 2.75) is 19.3 Å². The second kappa shape index (κ2) is 7.68. The molecule has 31 heavy (non-hydrogen) atoms. The predicted octanol–water partition coefficient (Wildman–Crippen LogP) is 2.90. The van der Waals surface area contributed by atoms with Crippen molar-refractivity contribution >= 4 is 34.6 Å². The normalized spacial score (nSPS) is 14.7. The number of carbonyl (C=O) groups excluding carboxylic acids is 1. The highest BCUT2D eigenvalue weighted by atomic mass is 16.6. The Morgan fingerprint density at radius 1 is 1.26 bits per heavy atom. The van der Waals surface area contributed by atoms with Gasteiger partial charge in [-0.05, 0) is 24.8 Å². The maximum atomic E-state index is 12.3. The van der Waals surface area contributed by atoms with Gasteiger partial charge in [0.1, 0.15) is 30.5 Å². The van der Waals surface area contributed by atoms with Crippen molar-refractivity contribution in [3.05, 3.63) is 30.0 Å². The average Bonchev–Trinajstić information content (AvgIpc) is 3.51. The lowest BCUT2D eigenvalue weighted by Crippen LogP contribution is -2.16. The number of nitrogens with one attached hydrogen (secondary N) is 3. The number of anilines is 4. The summed E-state index contributed by atoms with van der Waals surface area (Å²) >= 11 is 0. The number of amides is 1. The van der Waals surface area contributed by atoms with Crippen molar-refractivity contribution in [1.29, 1.82) is 5.26 Å². The molecule has 1 amide bonds. The van der Waals surface area contributed by atoms with E-state index in [1.807, 2.05) is 0 Å². The number of nitrogens with zero attached hydrogens (tertiary/aromatic N) is 4. The van der Waals surface area contributed by atoms with Crippen LogP contribution in [0.4, 0.5) is 23.0 Å². The van der Waals surface area contributed by atoms with E-state index in [-0.39, 0.29) is 5.91 Å². The molecule has 158 valence electrons. The van der Waals surface area contributed by atoms with Gasteiger partial charge in [0, 0.05) is 25.6 Å². The maximum absolute atomic E-state index is 12.3. The molecule has 0 atom stereocenters. The van der Waals surface area contributed by atoms with Crippen LogP contribution in [-0.2, 0) is 4.79 Å². The monoisotopic (exact) mass is 419 g/mol. The lowest BCUT2D eigenvalue weighted by molar-refractivity contribution is -0.116. The van der Waals surface area contributed by atoms with Crippen LogP contribution < -0.4 is 25.4 Å². The molecule has 0 unspecified atom stereocenters. The van der Waals surface area contributed by atoms with Crippen LogP contribution in [0, 0.1) is 17.2 Å². The molecule has 1 fully saturated rings. The summed E-state index contributed by atoms with van der Waals surface area (Å²) < 4.78 is 13.0. The van der Waals surface area contributed by atoms with Crippen LogP contribution >= 0.6 is 0 Å². The van der Waals surface area contributed by atoms with Gasteiger partial charge in [0.2, 0.25) is 5.91 Å². The Balaban J connectivity index is 1.51. The fourth-order valence-corrected chi connectivity index (χ4v) is 3.53.